The summed E-state index contributed by atoms with van der Waals surface area (Å²) in [4.78, 5) is 0.198. The van der Waals surface area contributed by atoms with Gasteiger partial charge in [-0.25, -0.2) is 13.1 Å². The zero-order valence-corrected chi connectivity index (χ0v) is 18.3. The minimum Gasteiger partial charge on any atom is -0.280 e. The van der Waals surface area contributed by atoms with Crippen LogP contribution in [-0.4, -0.2) is 18.2 Å². The van der Waals surface area contributed by atoms with Crippen molar-refractivity contribution in [3.05, 3.63) is 72.1 Å². The molecule has 1 N–H and O–H groups in total. The lowest BCUT2D eigenvalue weighted by molar-refractivity contribution is 0.543. The molecule has 0 atom stereocenters. The Morgan fingerprint density at radius 2 is 1.66 bits per heavy atom. The molecule has 6 heteroatoms. The third-order valence-corrected chi connectivity index (χ3v) is 6.11. The zero-order valence-electron chi connectivity index (χ0n) is 17.5. The van der Waals surface area contributed by atoms with E-state index in [-0.39, 0.29) is 4.90 Å². The molecule has 0 fully saturated rings. The second kappa shape index (κ2) is 8.41. The van der Waals surface area contributed by atoms with E-state index in [9.17, 15) is 8.42 Å². The average molecular weight is 412 g/mol. The van der Waals surface area contributed by atoms with Gasteiger partial charge in [0.2, 0.25) is 0 Å². The molecule has 0 aliphatic heterocycles. The second-order valence-corrected chi connectivity index (χ2v) is 9.93. The minimum atomic E-state index is -3.78. The van der Waals surface area contributed by atoms with Gasteiger partial charge in [-0.1, -0.05) is 64.4 Å². The van der Waals surface area contributed by atoms with E-state index in [1.807, 2.05) is 75.4 Å². The van der Waals surface area contributed by atoms with Crippen molar-refractivity contribution in [2.45, 2.75) is 57.3 Å². The number of nitrogens with one attached hydrogen (secondary N) is 1. The van der Waals surface area contributed by atoms with Crippen molar-refractivity contribution in [2.24, 2.45) is 0 Å². The number of nitrogens with zero attached hydrogens (tertiary/aromatic N) is 2. The fourth-order valence-electron chi connectivity index (χ4n) is 3.12. The molecule has 0 unspecified atom stereocenters. The monoisotopic (exact) mass is 411 g/mol. The molecular formula is C23H29N3O2S. The highest BCUT2D eigenvalue weighted by molar-refractivity contribution is 7.92. The second-order valence-electron chi connectivity index (χ2n) is 8.28. The van der Waals surface area contributed by atoms with E-state index in [1.54, 1.807) is 10.9 Å². The van der Waals surface area contributed by atoms with Gasteiger partial charge in [-0.2, -0.15) is 5.10 Å². The summed E-state index contributed by atoms with van der Waals surface area (Å²) in [7, 11) is -3.78. The van der Waals surface area contributed by atoms with Gasteiger partial charge in [0.05, 0.1) is 17.6 Å². The van der Waals surface area contributed by atoms with Crippen LogP contribution in [0.4, 0.5) is 5.69 Å². The van der Waals surface area contributed by atoms with Crippen LogP contribution in [0.3, 0.4) is 0 Å². The maximum Gasteiger partial charge on any atom is 0.265 e. The van der Waals surface area contributed by atoms with Crippen molar-refractivity contribution in [3.63, 3.8) is 0 Å². The van der Waals surface area contributed by atoms with Crippen molar-refractivity contribution < 1.29 is 8.42 Å². The molecule has 3 aromatic rings. The van der Waals surface area contributed by atoms with E-state index >= 15 is 0 Å². The molecule has 1 aromatic heterocycles. The fraction of sp³-hybridized carbons (Fsp3) is 0.348. The molecule has 0 saturated carbocycles. The zero-order chi connectivity index (χ0) is 21.1. The first-order chi connectivity index (χ1) is 13.7. The number of aryl methyl sites for hydroxylation is 1. The third-order valence-electron chi connectivity index (χ3n) is 4.73. The summed E-state index contributed by atoms with van der Waals surface area (Å²) in [6, 6.07) is 17.1. The highest BCUT2D eigenvalue weighted by Gasteiger charge is 2.30. The normalized spacial score (nSPS) is 12.1. The molecular weight excluding hydrogens is 382 g/mol. The lowest BCUT2D eigenvalue weighted by atomic mass is 9.92. The highest BCUT2D eigenvalue weighted by atomic mass is 32.2. The van der Waals surface area contributed by atoms with Crippen LogP contribution in [0.2, 0.25) is 0 Å². The Kier molecular flexibility index (Phi) is 6.13. The van der Waals surface area contributed by atoms with Crippen LogP contribution in [0, 0.1) is 0 Å². The first-order valence-electron chi connectivity index (χ1n) is 9.98. The lowest BCUT2D eigenvalue weighted by Crippen LogP contribution is -2.20. The van der Waals surface area contributed by atoms with Gasteiger partial charge >= 0.3 is 0 Å². The Bertz CT molecular complexity index is 1050. The fourth-order valence-corrected chi connectivity index (χ4v) is 4.51. The Balaban J connectivity index is 1.94. The quantitative estimate of drug-likeness (QED) is 0.573. The van der Waals surface area contributed by atoms with Gasteiger partial charge in [0.1, 0.15) is 4.90 Å². The Morgan fingerprint density at radius 1 is 1.00 bits per heavy atom. The Morgan fingerprint density at radius 3 is 2.24 bits per heavy atom. The number of hydrogen-bond donors (Lipinski definition) is 1. The number of aromatic nitrogens is 2. The van der Waals surface area contributed by atoms with Crippen LogP contribution in [-0.2, 0) is 21.9 Å². The van der Waals surface area contributed by atoms with Crippen molar-refractivity contribution >= 4 is 15.7 Å². The number of hydrogen-bond acceptors (Lipinski definition) is 3. The summed E-state index contributed by atoms with van der Waals surface area (Å²) in [5.74, 6) is 0. The molecule has 2 aromatic carbocycles. The van der Waals surface area contributed by atoms with E-state index in [2.05, 4.69) is 16.7 Å². The molecule has 0 aliphatic carbocycles. The summed E-state index contributed by atoms with van der Waals surface area (Å²) in [6.45, 7) is 8.05. The number of rotatable bonds is 7. The third kappa shape index (κ3) is 5.07. The molecule has 29 heavy (non-hydrogen) atoms. The maximum atomic E-state index is 13.2. The van der Waals surface area contributed by atoms with Crippen LogP contribution in [0.1, 0.15) is 51.8 Å². The van der Waals surface area contributed by atoms with E-state index in [1.165, 1.54) is 5.56 Å². The van der Waals surface area contributed by atoms with E-state index in [4.69, 9.17) is 0 Å². The minimum absolute atomic E-state index is 0.198. The summed E-state index contributed by atoms with van der Waals surface area (Å²) in [6.07, 6.45) is 4.85. The first kappa shape index (κ1) is 21.1. The molecule has 0 bridgehead atoms. The number of unbranched alkanes of at least 4 members (excludes halogenated alkanes) is 1. The number of para-hydroxylation sites is 1. The Hall–Kier alpha value is -2.60. The van der Waals surface area contributed by atoms with Crippen LogP contribution in [0.15, 0.2) is 65.7 Å². The molecule has 0 radical (unpaired) electrons. The lowest BCUT2D eigenvalue weighted by Gasteiger charge is -2.18. The van der Waals surface area contributed by atoms with Crippen LogP contribution in [0.5, 0.6) is 0 Å². The standard InChI is InChI=1S/C23H29N3O2S/c1-5-6-10-18-13-15-19(16-14-18)25-29(27,28)21-17-26(20-11-8-7-9-12-20)24-22(21)23(2,3)4/h7-9,11-17,25H,5-6,10H2,1-4H3. The van der Waals surface area contributed by atoms with Crippen LogP contribution in [0.25, 0.3) is 5.69 Å². The summed E-state index contributed by atoms with van der Waals surface area (Å²) in [5.41, 5.74) is 2.70. The number of sulfonamides is 1. The van der Waals surface area contributed by atoms with E-state index < -0.39 is 15.4 Å². The predicted octanol–water partition coefficient (Wildman–Crippen LogP) is 5.31. The highest BCUT2D eigenvalue weighted by Crippen LogP contribution is 2.30. The predicted molar refractivity (Wildman–Crippen MR) is 118 cm³/mol. The van der Waals surface area contributed by atoms with Gasteiger partial charge in [-0.15, -0.1) is 0 Å². The molecule has 1 heterocycles. The summed E-state index contributed by atoms with van der Waals surface area (Å²) >= 11 is 0. The van der Waals surface area contributed by atoms with Gasteiger partial charge in [0, 0.05) is 11.1 Å². The van der Waals surface area contributed by atoms with Gasteiger partial charge in [0.15, 0.2) is 0 Å². The molecule has 0 spiro atoms. The van der Waals surface area contributed by atoms with Crippen molar-refractivity contribution in [1.29, 1.82) is 0 Å². The Labute approximate surface area is 173 Å². The average Bonchev–Trinajstić information content (AvgIpc) is 3.15. The van der Waals surface area contributed by atoms with Crippen molar-refractivity contribution in [3.8, 4) is 5.69 Å². The van der Waals surface area contributed by atoms with Crippen molar-refractivity contribution in [1.82, 2.24) is 9.78 Å². The van der Waals surface area contributed by atoms with Gasteiger partial charge in [0.25, 0.3) is 10.0 Å². The molecule has 0 amide bonds. The van der Waals surface area contributed by atoms with Gasteiger partial charge < -0.3 is 0 Å². The van der Waals surface area contributed by atoms with Crippen LogP contribution < -0.4 is 4.72 Å². The van der Waals surface area contributed by atoms with E-state index in [0.29, 0.717) is 11.4 Å². The topological polar surface area (TPSA) is 64.0 Å². The van der Waals surface area contributed by atoms with E-state index in [0.717, 1.165) is 24.9 Å². The van der Waals surface area contributed by atoms with Gasteiger partial charge in [-0.3, -0.25) is 4.72 Å². The van der Waals surface area contributed by atoms with Gasteiger partial charge in [-0.05, 0) is 42.7 Å². The molecule has 154 valence electrons. The molecule has 5 nitrogen and oxygen atoms in total. The number of benzene rings is 2. The largest absolute Gasteiger partial charge is 0.280 e. The van der Waals surface area contributed by atoms with Crippen LogP contribution >= 0.6 is 0 Å². The summed E-state index contributed by atoms with van der Waals surface area (Å²) in [5, 5.41) is 4.60. The molecule has 3 rings (SSSR count). The molecule has 0 aliphatic rings. The first-order valence-corrected chi connectivity index (χ1v) is 11.5. The maximum absolute atomic E-state index is 13.2. The SMILES string of the molecule is CCCCc1ccc(NS(=O)(=O)c2cn(-c3ccccc3)nc2C(C)(C)C)cc1. The number of anilines is 1. The molecule has 0 saturated heterocycles. The summed E-state index contributed by atoms with van der Waals surface area (Å²) < 4.78 is 30.8. The smallest absolute Gasteiger partial charge is 0.265 e. The van der Waals surface area contributed by atoms with Crippen molar-refractivity contribution in [2.75, 3.05) is 4.72 Å².